The van der Waals surface area contributed by atoms with E-state index in [0.717, 1.165) is 30.8 Å². The van der Waals surface area contributed by atoms with Crippen LogP contribution < -0.4 is 5.32 Å². The molecule has 21 heavy (non-hydrogen) atoms. The highest BCUT2D eigenvalue weighted by Gasteiger charge is 2.33. The van der Waals surface area contributed by atoms with E-state index in [1.165, 1.54) is 13.0 Å². The molecular weight excluding hydrogens is 290 g/mol. The number of nitrogens with one attached hydrogen (secondary N) is 1. The minimum atomic E-state index is -0.123. The Balaban J connectivity index is 1.50. The maximum atomic E-state index is 12.3. The van der Waals surface area contributed by atoms with Crippen LogP contribution in [0, 0.1) is 5.92 Å². The molecule has 0 saturated carbocycles. The number of carbonyl (C=O) groups is 1. The average molecular weight is 306 g/mol. The van der Waals surface area contributed by atoms with E-state index in [4.69, 9.17) is 16.0 Å². The third-order valence-electron chi connectivity index (χ3n) is 4.41. The zero-order valence-corrected chi connectivity index (χ0v) is 12.3. The molecule has 2 aromatic heterocycles. The van der Waals surface area contributed by atoms with E-state index in [0.29, 0.717) is 16.5 Å². The molecule has 2 fully saturated rings. The van der Waals surface area contributed by atoms with Crippen LogP contribution in [-0.4, -0.2) is 41.5 Å². The molecule has 1 N–H and O–H groups in total. The van der Waals surface area contributed by atoms with Crippen LogP contribution in [0.1, 0.15) is 23.3 Å². The SMILES string of the molecule is O=C(N[C@@H]1C[C@@H]2CCN(C2)C1)c1cc2cc(Cl)oc2cn1. The topological polar surface area (TPSA) is 58.4 Å². The van der Waals surface area contributed by atoms with Crippen molar-refractivity contribution in [2.24, 2.45) is 5.92 Å². The Kier molecular flexibility index (Phi) is 3.12. The number of halogens is 1. The number of furan rings is 1. The van der Waals surface area contributed by atoms with Crippen molar-refractivity contribution < 1.29 is 9.21 Å². The molecule has 0 spiro atoms. The molecule has 0 aliphatic carbocycles. The summed E-state index contributed by atoms with van der Waals surface area (Å²) in [6, 6.07) is 3.64. The van der Waals surface area contributed by atoms with Crippen molar-refractivity contribution in [3.8, 4) is 0 Å². The first-order chi connectivity index (χ1) is 10.2. The molecule has 4 rings (SSSR count). The van der Waals surface area contributed by atoms with Gasteiger partial charge in [-0.2, -0.15) is 0 Å². The first-order valence-electron chi connectivity index (χ1n) is 7.26. The fraction of sp³-hybridized carbons (Fsp3) is 0.467. The van der Waals surface area contributed by atoms with Gasteiger partial charge in [-0.25, -0.2) is 4.98 Å². The van der Waals surface area contributed by atoms with Crippen molar-refractivity contribution in [3.05, 3.63) is 29.2 Å². The second-order valence-electron chi connectivity index (χ2n) is 5.98. The van der Waals surface area contributed by atoms with Crippen LogP contribution in [0.3, 0.4) is 0 Å². The quantitative estimate of drug-likeness (QED) is 0.925. The fourth-order valence-corrected chi connectivity index (χ4v) is 3.66. The van der Waals surface area contributed by atoms with Gasteiger partial charge in [0, 0.05) is 30.6 Å². The van der Waals surface area contributed by atoms with Crippen molar-refractivity contribution in [2.45, 2.75) is 18.9 Å². The summed E-state index contributed by atoms with van der Waals surface area (Å²) < 4.78 is 5.25. The third kappa shape index (κ3) is 2.51. The highest BCUT2D eigenvalue weighted by Crippen LogP contribution is 2.27. The predicted octanol–water partition coefficient (Wildman–Crippen LogP) is 2.31. The number of aromatic nitrogens is 1. The van der Waals surface area contributed by atoms with Crippen LogP contribution in [0.5, 0.6) is 0 Å². The van der Waals surface area contributed by atoms with Crippen molar-refractivity contribution in [2.75, 3.05) is 19.6 Å². The number of piperidine rings is 1. The monoisotopic (exact) mass is 305 g/mol. The Hall–Kier alpha value is -1.59. The van der Waals surface area contributed by atoms with Crippen LogP contribution in [0.15, 0.2) is 22.7 Å². The van der Waals surface area contributed by atoms with E-state index in [-0.39, 0.29) is 11.9 Å². The largest absolute Gasteiger partial charge is 0.443 e. The molecule has 0 aromatic carbocycles. The average Bonchev–Trinajstić information content (AvgIpc) is 2.99. The van der Waals surface area contributed by atoms with Gasteiger partial charge < -0.3 is 14.6 Å². The molecule has 110 valence electrons. The van der Waals surface area contributed by atoms with Crippen LogP contribution >= 0.6 is 11.6 Å². The highest BCUT2D eigenvalue weighted by atomic mass is 35.5. The van der Waals surface area contributed by atoms with E-state index in [1.54, 1.807) is 18.3 Å². The molecule has 2 aliphatic rings. The summed E-state index contributed by atoms with van der Waals surface area (Å²) in [5.41, 5.74) is 1.01. The minimum Gasteiger partial charge on any atom is -0.443 e. The lowest BCUT2D eigenvalue weighted by atomic mass is 9.97. The Morgan fingerprint density at radius 3 is 3.19 bits per heavy atom. The molecule has 5 nitrogen and oxygen atoms in total. The van der Waals surface area contributed by atoms with Gasteiger partial charge >= 0.3 is 0 Å². The van der Waals surface area contributed by atoms with Gasteiger partial charge in [0.1, 0.15) is 5.69 Å². The van der Waals surface area contributed by atoms with Crippen LogP contribution in [-0.2, 0) is 0 Å². The molecule has 2 bridgehead atoms. The van der Waals surface area contributed by atoms with Crippen LogP contribution in [0.2, 0.25) is 5.22 Å². The van der Waals surface area contributed by atoms with Gasteiger partial charge in [0.15, 0.2) is 10.8 Å². The first kappa shape index (κ1) is 13.1. The Morgan fingerprint density at radius 2 is 2.33 bits per heavy atom. The number of hydrogen-bond donors (Lipinski definition) is 1. The van der Waals surface area contributed by atoms with Gasteiger partial charge in [0.25, 0.3) is 5.91 Å². The summed E-state index contributed by atoms with van der Waals surface area (Å²) in [6.07, 6.45) is 3.87. The van der Waals surface area contributed by atoms with Crippen LogP contribution in [0.25, 0.3) is 11.0 Å². The van der Waals surface area contributed by atoms with Gasteiger partial charge in [-0.05, 0) is 43.0 Å². The molecule has 3 atom stereocenters. The first-order valence-corrected chi connectivity index (χ1v) is 7.63. The number of carbonyl (C=O) groups excluding carboxylic acids is 1. The highest BCUT2D eigenvalue weighted by molar-refractivity contribution is 6.29. The van der Waals surface area contributed by atoms with E-state index >= 15 is 0 Å². The smallest absolute Gasteiger partial charge is 0.270 e. The molecule has 2 aliphatic heterocycles. The van der Waals surface area contributed by atoms with Gasteiger partial charge in [-0.3, -0.25) is 4.79 Å². The Morgan fingerprint density at radius 1 is 1.43 bits per heavy atom. The normalized spacial score (nSPS) is 28.0. The van der Waals surface area contributed by atoms with Gasteiger partial charge in [0.2, 0.25) is 0 Å². The number of rotatable bonds is 2. The molecule has 2 aromatic rings. The Labute approximate surface area is 127 Å². The molecule has 2 saturated heterocycles. The van der Waals surface area contributed by atoms with E-state index in [2.05, 4.69) is 15.2 Å². The lowest BCUT2D eigenvalue weighted by Gasteiger charge is -2.30. The van der Waals surface area contributed by atoms with Crippen molar-refractivity contribution >= 4 is 28.5 Å². The number of nitrogens with zero attached hydrogens (tertiary/aromatic N) is 2. The maximum Gasteiger partial charge on any atom is 0.270 e. The van der Waals surface area contributed by atoms with Crippen molar-refractivity contribution in [1.29, 1.82) is 0 Å². The van der Waals surface area contributed by atoms with Crippen molar-refractivity contribution in [3.63, 3.8) is 0 Å². The summed E-state index contributed by atoms with van der Waals surface area (Å²) in [5.74, 6) is 0.605. The van der Waals surface area contributed by atoms with Crippen molar-refractivity contribution in [1.82, 2.24) is 15.2 Å². The summed E-state index contributed by atoms with van der Waals surface area (Å²) >= 11 is 5.81. The number of hydrogen-bond acceptors (Lipinski definition) is 4. The molecular formula is C15H16ClN3O2. The second-order valence-corrected chi connectivity index (χ2v) is 6.35. The predicted molar refractivity (Wildman–Crippen MR) is 79.4 cm³/mol. The van der Waals surface area contributed by atoms with E-state index in [1.807, 2.05) is 0 Å². The van der Waals surface area contributed by atoms with E-state index in [9.17, 15) is 4.79 Å². The molecule has 0 radical (unpaired) electrons. The minimum absolute atomic E-state index is 0.123. The molecule has 4 heterocycles. The summed E-state index contributed by atoms with van der Waals surface area (Å²) in [6.45, 7) is 3.29. The summed E-state index contributed by atoms with van der Waals surface area (Å²) in [4.78, 5) is 18.9. The number of fused-ring (bicyclic) bond motifs is 3. The summed E-state index contributed by atoms with van der Waals surface area (Å²) in [5, 5.41) is 4.21. The van der Waals surface area contributed by atoms with E-state index < -0.39 is 0 Å². The molecule has 1 unspecified atom stereocenters. The lowest BCUT2D eigenvalue weighted by Crippen LogP contribution is -2.47. The molecule has 6 heteroatoms. The fourth-order valence-electron chi connectivity index (χ4n) is 3.46. The Bertz CT molecular complexity index is 687. The summed E-state index contributed by atoms with van der Waals surface area (Å²) in [7, 11) is 0. The zero-order valence-electron chi connectivity index (χ0n) is 11.5. The second kappa shape index (κ2) is 5.00. The van der Waals surface area contributed by atoms with Gasteiger partial charge in [-0.15, -0.1) is 0 Å². The zero-order chi connectivity index (χ0) is 14.4. The standard InChI is InChI=1S/C15H16ClN3O2/c16-14-5-10-4-12(17-6-13(10)21-14)15(20)18-11-3-9-1-2-19(7-9)8-11/h4-6,9,11H,1-3,7-8H2,(H,18,20)/t9-,11+/m0/s1. The van der Waals surface area contributed by atoms with Crippen LogP contribution in [0.4, 0.5) is 0 Å². The number of amides is 1. The lowest BCUT2D eigenvalue weighted by molar-refractivity contribution is 0.0904. The third-order valence-corrected chi connectivity index (χ3v) is 4.59. The number of pyridine rings is 1. The maximum absolute atomic E-state index is 12.3. The van der Waals surface area contributed by atoms with Gasteiger partial charge in [-0.1, -0.05) is 0 Å². The molecule has 1 amide bonds. The van der Waals surface area contributed by atoms with Gasteiger partial charge in [0.05, 0.1) is 6.20 Å².